The molecule has 6 aromatic carbocycles. The summed E-state index contributed by atoms with van der Waals surface area (Å²) in [5.41, 5.74) is 19.4. The molecule has 0 spiro atoms. The molecule has 1 aromatic heterocycles. The first-order valence-electron chi connectivity index (χ1n) is 18.5. The Kier molecular flexibility index (Phi) is 9.81. The fourth-order valence-corrected chi connectivity index (χ4v) is 8.52. The van der Waals surface area contributed by atoms with Gasteiger partial charge in [0.1, 0.15) is 0 Å². The molecule has 0 bridgehead atoms. The normalized spacial score (nSPS) is 11.3. The summed E-state index contributed by atoms with van der Waals surface area (Å²) in [7, 11) is 0. The molecule has 0 aliphatic rings. The van der Waals surface area contributed by atoms with Crippen molar-refractivity contribution in [3.05, 3.63) is 188 Å². The SMILES string of the molecule is Cc1cc(C)c(C(c2c(C)cc(C)cc2C)c2c(C)cc(C)c(N(c3ccccc3)c3nc(-c4ccccc4)nc(-c4ccccc4)n3)c2C)c(C)c1. The minimum absolute atomic E-state index is 0.0197. The van der Waals surface area contributed by atoms with Gasteiger partial charge in [0.2, 0.25) is 5.95 Å². The van der Waals surface area contributed by atoms with Crippen LogP contribution in [0.15, 0.2) is 121 Å². The van der Waals surface area contributed by atoms with Gasteiger partial charge >= 0.3 is 0 Å². The lowest BCUT2D eigenvalue weighted by Crippen LogP contribution is -2.20. The molecule has 0 unspecified atom stereocenters. The number of rotatable bonds is 8. The molecule has 0 saturated carbocycles. The third-order valence-corrected chi connectivity index (χ3v) is 10.5. The van der Waals surface area contributed by atoms with Crippen LogP contribution in [0.4, 0.5) is 17.3 Å². The van der Waals surface area contributed by atoms with Crippen LogP contribution in [0.25, 0.3) is 22.8 Å². The molecule has 53 heavy (non-hydrogen) atoms. The van der Waals surface area contributed by atoms with Crippen LogP contribution in [-0.4, -0.2) is 15.0 Å². The van der Waals surface area contributed by atoms with Gasteiger partial charge in [-0.3, -0.25) is 4.90 Å². The number of hydrogen-bond acceptors (Lipinski definition) is 4. The Labute approximate surface area is 315 Å². The highest BCUT2D eigenvalue weighted by atomic mass is 15.3. The number of benzene rings is 6. The van der Waals surface area contributed by atoms with Gasteiger partial charge in [0.15, 0.2) is 11.6 Å². The lowest BCUT2D eigenvalue weighted by Gasteiger charge is -2.33. The van der Waals surface area contributed by atoms with E-state index in [1.165, 1.54) is 61.2 Å². The second-order valence-electron chi connectivity index (χ2n) is 14.6. The summed E-state index contributed by atoms with van der Waals surface area (Å²) >= 11 is 0. The molecule has 4 heteroatoms. The Morgan fingerprint density at radius 2 is 0.811 bits per heavy atom. The number of anilines is 3. The molecule has 0 amide bonds. The second-order valence-corrected chi connectivity index (χ2v) is 14.6. The summed E-state index contributed by atoms with van der Waals surface area (Å²) in [6, 6.07) is 42.6. The van der Waals surface area contributed by atoms with Gasteiger partial charge in [-0.1, -0.05) is 120 Å². The summed E-state index contributed by atoms with van der Waals surface area (Å²) in [6.07, 6.45) is 0. The van der Waals surface area contributed by atoms with Crippen molar-refractivity contribution in [2.45, 2.75) is 68.2 Å². The van der Waals surface area contributed by atoms with Crippen LogP contribution in [0.5, 0.6) is 0 Å². The van der Waals surface area contributed by atoms with E-state index in [0.717, 1.165) is 28.1 Å². The zero-order valence-electron chi connectivity index (χ0n) is 32.4. The quantitative estimate of drug-likeness (QED) is 0.149. The van der Waals surface area contributed by atoms with E-state index in [0.29, 0.717) is 17.6 Å². The van der Waals surface area contributed by atoms with Crippen molar-refractivity contribution in [3.8, 4) is 22.8 Å². The van der Waals surface area contributed by atoms with E-state index in [1.54, 1.807) is 0 Å². The zero-order valence-corrected chi connectivity index (χ0v) is 32.4. The van der Waals surface area contributed by atoms with Crippen molar-refractivity contribution in [2.24, 2.45) is 0 Å². The summed E-state index contributed by atoms with van der Waals surface area (Å²) < 4.78 is 0. The van der Waals surface area contributed by atoms with Gasteiger partial charge in [-0.25, -0.2) is 4.98 Å². The Morgan fingerprint density at radius 3 is 1.25 bits per heavy atom. The third kappa shape index (κ3) is 6.90. The maximum absolute atomic E-state index is 5.26. The predicted octanol–water partition coefficient (Wildman–Crippen LogP) is 12.6. The van der Waals surface area contributed by atoms with Crippen molar-refractivity contribution >= 4 is 17.3 Å². The molecule has 0 fully saturated rings. The highest BCUT2D eigenvalue weighted by molar-refractivity contribution is 5.81. The van der Waals surface area contributed by atoms with Crippen molar-refractivity contribution in [2.75, 3.05) is 4.90 Å². The summed E-state index contributed by atoms with van der Waals surface area (Å²) in [5, 5.41) is 0. The number of hydrogen-bond donors (Lipinski definition) is 0. The molecular formula is C49H48N4. The van der Waals surface area contributed by atoms with Crippen molar-refractivity contribution in [1.29, 1.82) is 0 Å². The number of aryl methyl sites for hydroxylation is 8. The molecule has 0 aliphatic carbocycles. The smallest absolute Gasteiger partial charge is 0.238 e. The van der Waals surface area contributed by atoms with E-state index >= 15 is 0 Å². The summed E-state index contributed by atoms with van der Waals surface area (Å²) in [5.74, 6) is 1.86. The van der Waals surface area contributed by atoms with E-state index in [1.807, 2.05) is 36.4 Å². The Bertz CT molecular complexity index is 2270. The maximum Gasteiger partial charge on any atom is 0.238 e. The largest absolute Gasteiger partial charge is 0.279 e. The first-order chi connectivity index (χ1) is 25.5. The van der Waals surface area contributed by atoms with Crippen LogP contribution < -0.4 is 4.90 Å². The number of nitrogens with zero attached hydrogens (tertiary/aromatic N) is 4. The van der Waals surface area contributed by atoms with Crippen LogP contribution in [-0.2, 0) is 0 Å². The van der Waals surface area contributed by atoms with Gasteiger partial charge in [-0.15, -0.1) is 0 Å². The van der Waals surface area contributed by atoms with Gasteiger partial charge in [0.25, 0.3) is 0 Å². The van der Waals surface area contributed by atoms with Crippen LogP contribution >= 0.6 is 0 Å². The van der Waals surface area contributed by atoms with Gasteiger partial charge in [0.05, 0.1) is 5.69 Å². The molecule has 0 atom stereocenters. The molecule has 1 heterocycles. The van der Waals surface area contributed by atoms with E-state index in [2.05, 4.69) is 152 Å². The average molecular weight is 693 g/mol. The summed E-state index contributed by atoms with van der Waals surface area (Å²) in [4.78, 5) is 17.8. The standard InChI is InChI=1S/C49H48N4/c1-30-25-32(3)42(33(4)26-30)45(43-34(5)27-31(2)28-35(43)6)44-36(7)29-37(8)46(38(44)9)53(41-23-17-12-18-24-41)49-51-47(39-19-13-10-14-20-39)50-48(52-49)40-21-15-11-16-22-40/h10-29,45H,1-9H3. The lowest BCUT2D eigenvalue weighted by atomic mass is 9.74. The molecule has 0 aliphatic heterocycles. The molecule has 4 nitrogen and oxygen atoms in total. The molecule has 0 N–H and O–H groups in total. The fourth-order valence-electron chi connectivity index (χ4n) is 8.52. The van der Waals surface area contributed by atoms with Gasteiger partial charge < -0.3 is 0 Å². The molecule has 7 aromatic rings. The minimum atomic E-state index is 0.0197. The molecular weight excluding hydrogens is 645 g/mol. The van der Waals surface area contributed by atoms with Gasteiger partial charge in [0, 0.05) is 22.7 Å². The molecule has 264 valence electrons. The zero-order chi connectivity index (χ0) is 37.4. The highest BCUT2D eigenvalue weighted by Crippen LogP contribution is 2.47. The van der Waals surface area contributed by atoms with Crippen LogP contribution in [0.3, 0.4) is 0 Å². The Hall–Kier alpha value is -5.87. The van der Waals surface area contributed by atoms with Gasteiger partial charge in [-0.2, -0.15) is 9.97 Å². The molecule has 0 radical (unpaired) electrons. The average Bonchev–Trinajstić information content (AvgIpc) is 3.13. The van der Waals surface area contributed by atoms with E-state index in [-0.39, 0.29) is 5.92 Å². The fraction of sp³-hybridized carbons (Fsp3) is 0.204. The van der Waals surface area contributed by atoms with E-state index in [4.69, 9.17) is 15.0 Å². The highest BCUT2D eigenvalue weighted by Gasteiger charge is 2.31. The number of para-hydroxylation sites is 1. The minimum Gasteiger partial charge on any atom is -0.279 e. The molecule has 0 saturated heterocycles. The Balaban J connectivity index is 1.56. The monoisotopic (exact) mass is 692 g/mol. The lowest BCUT2D eigenvalue weighted by molar-refractivity contribution is 0.895. The van der Waals surface area contributed by atoms with Crippen molar-refractivity contribution in [1.82, 2.24) is 15.0 Å². The van der Waals surface area contributed by atoms with Gasteiger partial charge in [-0.05, 0) is 130 Å². The van der Waals surface area contributed by atoms with E-state index in [9.17, 15) is 0 Å². The summed E-state index contributed by atoms with van der Waals surface area (Å²) in [6.45, 7) is 20.3. The third-order valence-electron chi connectivity index (χ3n) is 10.5. The Morgan fingerprint density at radius 1 is 0.415 bits per heavy atom. The van der Waals surface area contributed by atoms with Crippen LogP contribution in [0, 0.1) is 62.3 Å². The van der Waals surface area contributed by atoms with Crippen molar-refractivity contribution < 1.29 is 0 Å². The first kappa shape index (κ1) is 35.5. The predicted molar refractivity (Wildman–Crippen MR) is 222 cm³/mol. The number of aromatic nitrogens is 3. The topological polar surface area (TPSA) is 41.9 Å². The first-order valence-corrected chi connectivity index (χ1v) is 18.5. The van der Waals surface area contributed by atoms with Crippen LogP contribution in [0.2, 0.25) is 0 Å². The second kappa shape index (κ2) is 14.6. The van der Waals surface area contributed by atoms with Crippen molar-refractivity contribution in [3.63, 3.8) is 0 Å². The van der Waals surface area contributed by atoms with E-state index < -0.39 is 0 Å². The van der Waals surface area contributed by atoms with Crippen LogP contribution in [0.1, 0.15) is 72.7 Å². The maximum atomic E-state index is 5.26. The molecule has 7 rings (SSSR count).